The molecule has 0 amide bonds. The van der Waals surface area contributed by atoms with Crippen molar-refractivity contribution in [1.82, 2.24) is 15.0 Å². The molecule has 0 saturated carbocycles. The number of hydrogen-bond donors (Lipinski definition) is 0. The fourth-order valence-corrected chi connectivity index (χ4v) is 7.06. The van der Waals surface area contributed by atoms with Crippen molar-refractivity contribution in [3.8, 4) is 0 Å². The van der Waals surface area contributed by atoms with Crippen LogP contribution in [0.5, 0.6) is 0 Å². The highest BCUT2D eigenvalue weighted by Crippen LogP contribution is 2.40. The maximum Gasteiger partial charge on any atom is 0.0930 e. The molecule has 1 aliphatic heterocycles. The van der Waals surface area contributed by atoms with Gasteiger partial charge in [0.15, 0.2) is 0 Å². The normalized spacial score (nSPS) is 26.8. The van der Waals surface area contributed by atoms with Crippen molar-refractivity contribution in [1.29, 1.82) is 0 Å². The molecule has 1 aromatic heterocycles. The number of rotatable bonds is 2. The summed E-state index contributed by atoms with van der Waals surface area (Å²) in [4.78, 5) is 0. The van der Waals surface area contributed by atoms with Gasteiger partial charge in [-0.3, -0.25) is 0 Å². The highest BCUT2D eigenvalue weighted by molar-refractivity contribution is 7.93. The average Bonchev–Trinajstić information content (AvgIpc) is 2.67. The van der Waals surface area contributed by atoms with Crippen LogP contribution in [-0.2, 0) is 20.6 Å². The minimum Gasteiger partial charge on any atom is -0.250 e. The van der Waals surface area contributed by atoms with E-state index in [0.29, 0.717) is 11.5 Å². The van der Waals surface area contributed by atoms with E-state index in [1.165, 1.54) is 0 Å². The molecule has 0 aromatic carbocycles. The van der Waals surface area contributed by atoms with Gasteiger partial charge < -0.3 is 0 Å². The molecule has 0 radical (unpaired) electrons. The first-order valence-corrected chi connectivity index (χ1v) is 9.91. The van der Waals surface area contributed by atoms with Crippen molar-refractivity contribution < 1.29 is 4.21 Å². The van der Waals surface area contributed by atoms with Crippen LogP contribution in [0.15, 0.2) is 4.36 Å². The highest BCUT2D eigenvalue weighted by atomic mass is 32.2. The van der Waals surface area contributed by atoms with Crippen LogP contribution in [0.4, 0.5) is 0 Å². The Bertz CT molecular complexity index is 676. The van der Waals surface area contributed by atoms with Gasteiger partial charge in [0, 0.05) is 38.1 Å². The largest absolute Gasteiger partial charge is 0.250 e. The SMILES string of the molecule is CC(C)N=S1(=O)CC(C)(C)c2nnn(C(C)C)c2C(C)(C)C1. The standard InChI is InChI=1S/C16H30N4OS/c1-11(2)18-22(21)9-15(5,6)13-14(16(7,8)10-22)20(12(3)4)19-17-13/h11-12H,9-10H2,1-8H3. The Morgan fingerprint density at radius 2 is 1.64 bits per heavy atom. The molecule has 2 rings (SSSR count). The van der Waals surface area contributed by atoms with Crippen LogP contribution >= 0.6 is 0 Å². The van der Waals surface area contributed by atoms with Crippen molar-refractivity contribution in [2.45, 2.75) is 78.3 Å². The lowest BCUT2D eigenvalue weighted by molar-refractivity contribution is 0.438. The second kappa shape index (κ2) is 5.32. The number of hydrogen-bond acceptors (Lipinski definition) is 4. The summed E-state index contributed by atoms with van der Waals surface area (Å²) in [7, 11) is -2.28. The fourth-order valence-electron chi connectivity index (χ4n) is 3.52. The first-order chi connectivity index (χ1) is 9.88. The molecule has 6 heteroatoms. The predicted octanol–water partition coefficient (Wildman–Crippen LogP) is 3.30. The van der Waals surface area contributed by atoms with Crippen molar-refractivity contribution in [2.24, 2.45) is 4.36 Å². The van der Waals surface area contributed by atoms with Crippen LogP contribution in [0.2, 0.25) is 0 Å². The third-order valence-corrected chi connectivity index (χ3v) is 7.19. The molecule has 0 saturated heterocycles. The molecular formula is C16H30N4OS. The molecule has 0 aliphatic carbocycles. The Morgan fingerprint density at radius 3 is 2.14 bits per heavy atom. The predicted molar refractivity (Wildman–Crippen MR) is 91.9 cm³/mol. The second-order valence-electron chi connectivity index (χ2n) is 8.35. The summed E-state index contributed by atoms with van der Waals surface area (Å²) in [6.45, 7) is 16.7. The molecule has 0 N–H and O–H groups in total. The third kappa shape index (κ3) is 3.07. The van der Waals surface area contributed by atoms with Gasteiger partial charge in [-0.15, -0.1) is 5.10 Å². The van der Waals surface area contributed by atoms with Gasteiger partial charge in [-0.05, 0) is 27.7 Å². The molecule has 126 valence electrons. The van der Waals surface area contributed by atoms with E-state index in [9.17, 15) is 4.21 Å². The average molecular weight is 327 g/mol. The van der Waals surface area contributed by atoms with Crippen LogP contribution in [-0.4, -0.2) is 36.8 Å². The summed E-state index contributed by atoms with van der Waals surface area (Å²) in [6.07, 6.45) is 0. The maximum atomic E-state index is 13.5. The highest BCUT2D eigenvalue weighted by Gasteiger charge is 2.44. The molecular weight excluding hydrogens is 296 g/mol. The van der Waals surface area contributed by atoms with E-state index in [1.807, 2.05) is 18.5 Å². The first-order valence-electron chi connectivity index (χ1n) is 8.06. The maximum absolute atomic E-state index is 13.5. The lowest BCUT2D eigenvalue weighted by Crippen LogP contribution is -2.32. The van der Waals surface area contributed by atoms with Gasteiger partial charge in [0.2, 0.25) is 0 Å². The third-order valence-electron chi connectivity index (χ3n) is 4.04. The lowest BCUT2D eigenvalue weighted by Gasteiger charge is -2.27. The molecule has 1 unspecified atom stereocenters. The van der Waals surface area contributed by atoms with Crippen molar-refractivity contribution >= 4 is 9.73 Å². The second-order valence-corrected chi connectivity index (χ2v) is 10.7. The zero-order valence-corrected chi connectivity index (χ0v) is 16.0. The summed E-state index contributed by atoms with van der Waals surface area (Å²) >= 11 is 0. The van der Waals surface area contributed by atoms with E-state index in [0.717, 1.165) is 11.4 Å². The fraction of sp³-hybridized carbons (Fsp3) is 0.875. The van der Waals surface area contributed by atoms with E-state index in [-0.39, 0.29) is 22.9 Å². The van der Waals surface area contributed by atoms with Crippen LogP contribution in [0.1, 0.15) is 72.8 Å². The Kier molecular flexibility index (Phi) is 4.22. The minimum absolute atomic E-state index is 0.0786. The van der Waals surface area contributed by atoms with Gasteiger partial charge in [0.25, 0.3) is 0 Å². The Hall–Kier alpha value is -0.910. The Labute approximate surface area is 135 Å². The zero-order chi connectivity index (χ0) is 16.9. The van der Waals surface area contributed by atoms with E-state index < -0.39 is 9.73 Å². The van der Waals surface area contributed by atoms with Crippen molar-refractivity contribution in [3.63, 3.8) is 0 Å². The van der Waals surface area contributed by atoms with Gasteiger partial charge in [0.1, 0.15) is 0 Å². The van der Waals surface area contributed by atoms with Gasteiger partial charge in [-0.2, -0.15) is 0 Å². The van der Waals surface area contributed by atoms with Gasteiger partial charge >= 0.3 is 0 Å². The summed E-state index contributed by atoms with van der Waals surface area (Å²) in [5, 5.41) is 8.86. The van der Waals surface area contributed by atoms with Crippen LogP contribution < -0.4 is 0 Å². The van der Waals surface area contributed by atoms with Crippen molar-refractivity contribution in [2.75, 3.05) is 11.5 Å². The van der Waals surface area contributed by atoms with Crippen LogP contribution in [0, 0.1) is 0 Å². The monoisotopic (exact) mass is 326 g/mol. The molecule has 0 bridgehead atoms. The molecule has 1 atom stereocenters. The summed E-state index contributed by atoms with van der Waals surface area (Å²) in [5.41, 5.74) is 1.56. The quantitative estimate of drug-likeness (QED) is 0.838. The van der Waals surface area contributed by atoms with Gasteiger partial charge in [0.05, 0.1) is 17.4 Å². The number of fused-ring (bicyclic) bond motifs is 1. The lowest BCUT2D eigenvalue weighted by atomic mass is 9.82. The topological polar surface area (TPSA) is 60.1 Å². The summed E-state index contributed by atoms with van der Waals surface area (Å²) in [6, 6.07) is 0.317. The summed E-state index contributed by atoms with van der Waals surface area (Å²) < 4.78 is 20.1. The molecule has 0 fully saturated rings. The molecule has 1 aliphatic rings. The van der Waals surface area contributed by atoms with E-state index in [1.54, 1.807) is 0 Å². The van der Waals surface area contributed by atoms with Crippen LogP contribution in [0.25, 0.3) is 0 Å². The van der Waals surface area contributed by atoms with E-state index in [4.69, 9.17) is 0 Å². The van der Waals surface area contributed by atoms with E-state index in [2.05, 4.69) is 56.2 Å². The molecule has 0 spiro atoms. The summed E-state index contributed by atoms with van der Waals surface area (Å²) in [5.74, 6) is 1.11. The van der Waals surface area contributed by atoms with Crippen LogP contribution in [0.3, 0.4) is 0 Å². The number of aromatic nitrogens is 3. The zero-order valence-electron chi connectivity index (χ0n) is 15.2. The van der Waals surface area contributed by atoms with Crippen molar-refractivity contribution in [3.05, 3.63) is 11.4 Å². The number of nitrogens with zero attached hydrogens (tertiary/aromatic N) is 4. The minimum atomic E-state index is -2.28. The van der Waals surface area contributed by atoms with E-state index >= 15 is 0 Å². The Morgan fingerprint density at radius 1 is 1.09 bits per heavy atom. The molecule has 5 nitrogen and oxygen atoms in total. The smallest absolute Gasteiger partial charge is 0.0930 e. The molecule has 2 heterocycles. The molecule has 1 aromatic rings. The van der Waals surface area contributed by atoms with Gasteiger partial charge in [-0.1, -0.05) is 32.9 Å². The van der Waals surface area contributed by atoms with Gasteiger partial charge in [-0.25, -0.2) is 13.3 Å². The first kappa shape index (κ1) is 17.4. The Balaban J connectivity index is 2.72. The molecule has 22 heavy (non-hydrogen) atoms.